The number of halogens is 2. The van der Waals surface area contributed by atoms with Gasteiger partial charge in [-0.15, -0.1) is 0 Å². The lowest BCUT2D eigenvalue weighted by atomic mass is 9.72. The summed E-state index contributed by atoms with van der Waals surface area (Å²) in [6, 6.07) is 5.23. The van der Waals surface area contributed by atoms with Gasteiger partial charge in [-0.1, -0.05) is 57.2 Å². The van der Waals surface area contributed by atoms with Crippen molar-refractivity contribution in [3.63, 3.8) is 0 Å². The topological polar surface area (TPSA) is 12.0 Å². The molecule has 0 spiro atoms. The molecule has 1 aromatic carbocycles. The average Bonchev–Trinajstić information content (AvgIpc) is 2.49. The second-order valence-corrected chi connectivity index (χ2v) is 6.63. The van der Waals surface area contributed by atoms with E-state index in [1.54, 1.807) is 0 Å². The van der Waals surface area contributed by atoms with E-state index in [1.165, 1.54) is 44.2 Å². The van der Waals surface area contributed by atoms with Crippen molar-refractivity contribution in [1.82, 2.24) is 5.32 Å². The zero-order valence-electron chi connectivity index (χ0n) is 13.2. The first-order valence-electron chi connectivity index (χ1n) is 8.33. The zero-order chi connectivity index (χ0) is 15.2. The van der Waals surface area contributed by atoms with Gasteiger partial charge in [-0.2, -0.15) is 0 Å². The molecule has 21 heavy (non-hydrogen) atoms. The summed E-state index contributed by atoms with van der Waals surface area (Å²) in [4.78, 5) is 0. The fourth-order valence-corrected chi connectivity index (χ4v) is 4.08. The minimum atomic E-state index is -0.257. The molecule has 1 N–H and O–H groups in total. The summed E-state index contributed by atoms with van der Waals surface area (Å²) < 4.78 is 13.2. The highest BCUT2D eigenvalue weighted by Crippen LogP contribution is 2.36. The van der Waals surface area contributed by atoms with Crippen LogP contribution in [0.25, 0.3) is 0 Å². The number of nitrogens with one attached hydrogen (secondary N) is 1. The maximum Gasteiger partial charge on any atom is 0.124 e. The molecular weight excluding hydrogens is 285 g/mol. The van der Waals surface area contributed by atoms with E-state index in [-0.39, 0.29) is 5.82 Å². The van der Waals surface area contributed by atoms with Gasteiger partial charge in [-0.25, -0.2) is 4.39 Å². The molecule has 3 unspecified atom stereocenters. The van der Waals surface area contributed by atoms with Gasteiger partial charge in [0.2, 0.25) is 0 Å². The highest BCUT2D eigenvalue weighted by atomic mass is 35.5. The van der Waals surface area contributed by atoms with Crippen LogP contribution in [0.15, 0.2) is 18.2 Å². The Morgan fingerprint density at radius 1 is 1.29 bits per heavy atom. The Kier molecular flexibility index (Phi) is 6.50. The number of likely N-dealkylation sites (N-methyl/N-ethyl adjacent to an activating group) is 1. The van der Waals surface area contributed by atoms with Gasteiger partial charge in [-0.3, -0.25) is 0 Å². The summed E-state index contributed by atoms with van der Waals surface area (Å²) in [5.74, 6) is 1.26. The molecule has 0 aliphatic heterocycles. The minimum absolute atomic E-state index is 0.257. The largest absolute Gasteiger partial charge is 0.314 e. The molecule has 1 aliphatic carbocycles. The standard InChI is InChI=1S/C18H27ClFN/c1-3-13-7-5-6-8-16(13)18(21-4-2)11-14-9-10-15(20)12-17(14)19/h9-10,12-13,16,18,21H,3-8,11H2,1-2H3. The smallest absolute Gasteiger partial charge is 0.124 e. The third-order valence-corrected chi connectivity index (χ3v) is 5.28. The van der Waals surface area contributed by atoms with E-state index in [0.29, 0.717) is 17.0 Å². The molecule has 1 aliphatic rings. The first-order valence-corrected chi connectivity index (χ1v) is 8.70. The van der Waals surface area contributed by atoms with Gasteiger partial charge >= 0.3 is 0 Å². The lowest BCUT2D eigenvalue weighted by Crippen LogP contribution is -2.42. The SMILES string of the molecule is CCNC(Cc1ccc(F)cc1Cl)C1CCCCC1CC. The van der Waals surface area contributed by atoms with E-state index in [2.05, 4.69) is 19.2 Å². The maximum absolute atomic E-state index is 13.2. The lowest BCUT2D eigenvalue weighted by molar-refractivity contribution is 0.175. The third kappa shape index (κ3) is 4.43. The molecular formula is C18H27ClFN. The van der Waals surface area contributed by atoms with E-state index in [4.69, 9.17) is 11.6 Å². The Hall–Kier alpha value is -0.600. The van der Waals surface area contributed by atoms with Gasteiger partial charge in [0, 0.05) is 11.1 Å². The molecule has 3 atom stereocenters. The third-order valence-electron chi connectivity index (χ3n) is 4.93. The van der Waals surface area contributed by atoms with Crippen LogP contribution in [0.5, 0.6) is 0 Å². The average molecular weight is 312 g/mol. The van der Waals surface area contributed by atoms with Crippen molar-refractivity contribution in [3.8, 4) is 0 Å². The molecule has 0 aromatic heterocycles. The number of rotatable bonds is 6. The van der Waals surface area contributed by atoms with Gasteiger partial charge in [-0.05, 0) is 48.9 Å². The van der Waals surface area contributed by atoms with Crippen LogP contribution in [0.3, 0.4) is 0 Å². The Balaban J connectivity index is 2.13. The summed E-state index contributed by atoms with van der Waals surface area (Å²) >= 11 is 6.22. The molecule has 0 amide bonds. The lowest BCUT2D eigenvalue weighted by Gasteiger charge is -2.37. The van der Waals surface area contributed by atoms with Gasteiger partial charge in [0.1, 0.15) is 5.82 Å². The number of benzene rings is 1. The van der Waals surface area contributed by atoms with Crippen LogP contribution < -0.4 is 5.32 Å². The first-order chi connectivity index (χ1) is 10.2. The minimum Gasteiger partial charge on any atom is -0.314 e. The van der Waals surface area contributed by atoms with Crippen molar-refractivity contribution in [3.05, 3.63) is 34.6 Å². The van der Waals surface area contributed by atoms with Crippen LogP contribution in [0.2, 0.25) is 5.02 Å². The van der Waals surface area contributed by atoms with E-state index in [1.807, 2.05) is 6.07 Å². The zero-order valence-corrected chi connectivity index (χ0v) is 13.9. The molecule has 118 valence electrons. The fourth-order valence-electron chi connectivity index (χ4n) is 3.83. The van der Waals surface area contributed by atoms with Crippen molar-refractivity contribution in [2.45, 2.75) is 58.4 Å². The molecule has 0 saturated heterocycles. The predicted molar refractivity (Wildman–Crippen MR) is 88.3 cm³/mol. The van der Waals surface area contributed by atoms with Crippen LogP contribution in [0, 0.1) is 17.7 Å². The van der Waals surface area contributed by atoms with Crippen molar-refractivity contribution in [1.29, 1.82) is 0 Å². The van der Waals surface area contributed by atoms with Crippen LogP contribution >= 0.6 is 11.6 Å². The summed E-state index contributed by atoms with van der Waals surface area (Å²) in [7, 11) is 0. The van der Waals surface area contributed by atoms with E-state index >= 15 is 0 Å². The fraction of sp³-hybridized carbons (Fsp3) is 0.667. The molecule has 0 radical (unpaired) electrons. The molecule has 1 nitrogen and oxygen atoms in total. The predicted octanol–water partition coefficient (Wildman–Crippen LogP) is 5.22. The van der Waals surface area contributed by atoms with E-state index in [9.17, 15) is 4.39 Å². The Morgan fingerprint density at radius 3 is 2.71 bits per heavy atom. The van der Waals surface area contributed by atoms with Crippen LogP contribution in [0.4, 0.5) is 4.39 Å². The quantitative estimate of drug-likeness (QED) is 0.760. The van der Waals surface area contributed by atoms with Crippen LogP contribution in [-0.2, 0) is 6.42 Å². The van der Waals surface area contributed by atoms with Gasteiger partial charge in [0.05, 0.1) is 0 Å². The maximum atomic E-state index is 13.2. The van der Waals surface area contributed by atoms with E-state index in [0.717, 1.165) is 24.4 Å². The Morgan fingerprint density at radius 2 is 2.05 bits per heavy atom. The highest BCUT2D eigenvalue weighted by molar-refractivity contribution is 6.31. The molecule has 1 fully saturated rings. The number of hydrogen-bond acceptors (Lipinski definition) is 1. The summed E-state index contributed by atoms with van der Waals surface area (Å²) in [6.45, 7) is 5.43. The number of hydrogen-bond donors (Lipinski definition) is 1. The van der Waals surface area contributed by atoms with Crippen molar-refractivity contribution in [2.24, 2.45) is 11.8 Å². The molecule has 0 heterocycles. The van der Waals surface area contributed by atoms with E-state index < -0.39 is 0 Å². The summed E-state index contributed by atoms with van der Waals surface area (Å²) in [5, 5.41) is 4.21. The van der Waals surface area contributed by atoms with Crippen LogP contribution in [0.1, 0.15) is 51.5 Å². The normalized spacial score (nSPS) is 24.0. The van der Waals surface area contributed by atoms with Gasteiger partial charge in [0.25, 0.3) is 0 Å². The molecule has 1 aromatic rings. The first kappa shape index (κ1) is 16.8. The molecule has 1 saturated carbocycles. The Bertz CT molecular complexity index is 449. The van der Waals surface area contributed by atoms with Crippen LogP contribution in [-0.4, -0.2) is 12.6 Å². The van der Waals surface area contributed by atoms with Gasteiger partial charge < -0.3 is 5.32 Å². The van der Waals surface area contributed by atoms with Crippen molar-refractivity contribution < 1.29 is 4.39 Å². The van der Waals surface area contributed by atoms with Crippen molar-refractivity contribution >= 4 is 11.6 Å². The molecule has 0 bridgehead atoms. The molecule has 2 rings (SSSR count). The molecule has 3 heteroatoms. The van der Waals surface area contributed by atoms with Gasteiger partial charge in [0.15, 0.2) is 0 Å². The summed E-state index contributed by atoms with van der Waals surface area (Å²) in [6.07, 6.45) is 7.50. The second kappa shape index (κ2) is 8.14. The second-order valence-electron chi connectivity index (χ2n) is 6.22. The Labute approximate surface area is 133 Å². The highest BCUT2D eigenvalue weighted by Gasteiger charge is 2.30. The summed E-state index contributed by atoms with van der Waals surface area (Å²) in [5.41, 5.74) is 1.06. The van der Waals surface area contributed by atoms with Crippen molar-refractivity contribution in [2.75, 3.05) is 6.54 Å². The monoisotopic (exact) mass is 311 g/mol.